The third-order valence-corrected chi connectivity index (χ3v) is 12.5. The van der Waals surface area contributed by atoms with E-state index in [9.17, 15) is 27.6 Å². The van der Waals surface area contributed by atoms with E-state index >= 15 is 0 Å². The number of hydrogen-bond acceptors (Lipinski definition) is 8. The number of fused-ring (bicyclic) bond motifs is 1. The highest BCUT2D eigenvalue weighted by Crippen LogP contribution is 2.34. The lowest BCUT2D eigenvalue weighted by molar-refractivity contribution is -0.145. The summed E-state index contributed by atoms with van der Waals surface area (Å²) in [6.45, 7) is 3.89. The Labute approximate surface area is 372 Å². The van der Waals surface area contributed by atoms with Crippen LogP contribution in [0.5, 0.6) is 0 Å². The summed E-state index contributed by atoms with van der Waals surface area (Å²) < 4.78 is 36.0. The van der Waals surface area contributed by atoms with Crippen LogP contribution in [0.25, 0.3) is 16.6 Å². The van der Waals surface area contributed by atoms with Gasteiger partial charge in [-0.3, -0.25) is 28.6 Å². The number of urea groups is 1. The van der Waals surface area contributed by atoms with Crippen LogP contribution in [0.1, 0.15) is 95.5 Å². The molecule has 2 atom stereocenters. The zero-order valence-electron chi connectivity index (χ0n) is 34.9. The van der Waals surface area contributed by atoms with Crippen molar-refractivity contribution in [2.45, 2.75) is 96.9 Å². The van der Waals surface area contributed by atoms with Crippen LogP contribution in [-0.2, 0) is 30.9 Å². The van der Waals surface area contributed by atoms with E-state index in [-0.39, 0.29) is 62.7 Å². The van der Waals surface area contributed by atoms with Gasteiger partial charge in [0, 0.05) is 11.6 Å². The number of aromatic nitrogens is 2. The van der Waals surface area contributed by atoms with Gasteiger partial charge in [-0.1, -0.05) is 136 Å². The maximum Gasteiger partial charge on any atom is 0.330 e. The predicted octanol–water partition coefficient (Wildman–Crippen LogP) is 9.86. The molecule has 1 aliphatic heterocycles. The topological polar surface area (TPSA) is 160 Å². The highest BCUT2D eigenvalue weighted by molar-refractivity contribution is 7.92. The van der Waals surface area contributed by atoms with E-state index < -0.39 is 45.7 Å². The summed E-state index contributed by atoms with van der Waals surface area (Å²) >= 11 is 13.0. The van der Waals surface area contributed by atoms with Crippen molar-refractivity contribution in [1.82, 2.24) is 19.4 Å². The van der Waals surface area contributed by atoms with Crippen molar-refractivity contribution in [3.05, 3.63) is 129 Å². The average Bonchev–Trinajstić information content (AvgIpc) is 3.47. The number of carbonyl (C=O) groups is 3. The number of ether oxygens (including phenoxy) is 1. The second kappa shape index (κ2) is 21.7. The first kappa shape index (κ1) is 46.2. The predicted molar refractivity (Wildman–Crippen MR) is 244 cm³/mol. The summed E-state index contributed by atoms with van der Waals surface area (Å²) in [5, 5.41) is 3.15. The molecule has 62 heavy (non-hydrogen) atoms. The van der Waals surface area contributed by atoms with Crippen molar-refractivity contribution in [2.24, 2.45) is 0 Å². The van der Waals surface area contributed by atoms with Crippen LogP contribution in [0.4, 0.5) is 16.2 Å². The third kappa shape index (κ3) is 11.4. The quantitative estimate of drug-likeness (QED) is 0.0513. The van der Waals surface area contributed by atoms with Crippen molar-refractivity contribution < 1.29 is 27.5 Å². The van der Waals surface area contributed by atoms with Crippen LogP contribution < -0.4 is 15.6 Å². The lowest BCUT2D eigenvalue weighted by Gasteiger charge is -2.27. The number of anilines is 2. The fraction of sp³-hybridized carbons (Fsp3) is 0.370. The van der Waals surface area contributed by atoms with Crippen molar-refractivity contribution in [3.8, 4) is 5.69 Å². The lowest BCUT2D eigenvalue weighted by atomic mass is 10.1. The number of rotatable bonds is 22. The summed E-state index contributed by atoms with van der Waals surface area (Å²) in [4.78, 5) is 65.4. The number of benzene rings is 4. The van der Waals surface area contributed by atoms with E-state index in [1.807, 2.05) is 6.07 Å². The summed E-state index contributed by atoms with van der Waals surface area (Å²) in [6, 6.07) is 23.3. The van der Waals surface area contributed by atoms with Gasteiger partial charge in [0.15, 0.2) is 6.04 Å². The molecule has 0 aliphatic carbocycles. The maximum absolute atomic E-state index is 15.0. The smallest absolute Gasteiger partial charge is 0.330 e. The molecular formula is C46H52Cl2N6O7S. The molecule has 16 heteroatoms. The molecule has 0 saturated carbocycles. The van der Waals surface area contributed by atoms with Crippen LogP contribution in [0.3, 0.4) is 0 Å². The number of sulfonamides is 1. The zero-order chi connectivity index (χ0) is 44.2. The number of halogens is 2. The van der Waals surface area contributed by atoms with Crippen molar-refractivity contribution in [1.29, 1.82) is 0 Å². The van der Waals surface area contributed by atoms with E-state index in [0.29, 0.717) is 12.0 Å². The molecule has 2 heterocycles. The first-order valence-electron chi connectivity index (χ1n) is 21.1. The molecule has 1 aromatic heterocycles. The molecule has 1 saturated heterocycles. The Morgan fingerprint density at radius 3 is 2.11 bits per heavy atom. The largest absolute Gasteiger partial charge is 0.350 e. The number of unbranched alkanes of at least 4 members (excludes halogenated alkanes) is 9. The van der Waals surface area contributed by atoms with E-state index in [0.717, 1.165) is 30.6 Å². The van der Waals surface area contributed by atoms with Crippen LogP contribution in [0.2, 0.25) is 10.0 Å². The summed E-state index contributed by atoms with van der Waals surface area (Å²) in [7, 11) is -3.78. The number of nitrogens with zero attached hydrogens (tertiary/aromatic N) is 4. The Bertz CT molecular complexity index is 2520. The van der Waals surface area contributed by atoms with Gasteiger partial charge in [-0.15, -0.1) is 0 Å². The number of hydrogen-bond donors (Lipinski definition) is 2. The minimum Gasteiger partial charge on any atom is -0.350 e. The average molecular weight is 904 g/mol. The minimum atomic E-state index is -3.78. The third-order valence-electron chi connectivity index (χ3n) is 10.6. The Kier molecular flexibility index (Phi) is 16.2. The Morgan fingerprint density at radius 1 is 0.806 bits per heavy atom. The highest BCUT2D eigenvalue weighted by atomic mass is 35.5. The first-order valence-corrected chi connectivity index (χ1v) is 23.5. The molecule has 4 amide bonds. The van der Waals surface area contributed by atoms with Crippen LogP contribution in [0, 0.1) is 0 Å². The molecular weight excluding hydrogens is 852 g/mol. The summed E-state index contributed by atoms with van der Waals surface area (Å²) in [5.41, 5.74) is 0.630. The molecule has 1 fully saturated rings. The number of nitrogens with one attached hydrogen (secondary N) is 2. The zero-order valence-corrected chi connectivity index (χ0v) is 37.2. The van der Waals surface area contributed by atoms with Crippen LogP contribution in [0.15, 0.2) is 102 Å². The lowest BCUT2D eigenvalue weighted by Crippen LogP contribution is -2.45. The van der Waals surface area contributed by atoms with Gasteiger partial charge in [-0.25, -0.2) is 23.1 Å². The number of para-hydroxylation sites is 1. The van der Waals surface area contributed by atoms with Crippen molar-refractivity contribution in [3.63, 3.8) is 0 Å². The molecule has 6 rings (SSSR count). The molecule has 328 valence electrons. The van der Waals surface area contributed by atoms with Gasteiger partial charge in [-0.2, -0.15) is 0 Å². The molecule has 5 aromatic rings. The Balaban J connectivity index is 1.34. The second-order valence-electron chi connectivity index (χ2n) is 15.2. The standard InChI is InChI=1S/C46H52Cl2N6O7S/c1-3-5-6-7-8-9-10-11-12-19-28-62(59,60)51-34-25-26-37(48)39(30-34)50-42(55)40(54-44(57)45(61-4-2)52(46(54)58)31-32-20-15-13-16-21-32)41-49-38-27-24-33(47)29-36(38)43(56)53(41)35-22-17-14-18-23-35/h13-18,20-27,29-30,40,45,51H,3-12,19,28,31H2,1-2H3,(H,50,55). The summed E-state index contributed by atoms with van der Waals surface area (Å²) in [5.74, 6) is -2.19. The Hall–Kier alpha value is -5.28. The molecule has 13 nitrogen and oxygen atoms in total. The van der Waals surface area contributed by atoms with Crippen LogP contribution in [-0.4, -0.2) is 64.2 Å². The van der Waals surface area contributed by atoms with Gasteiger partial charge >= 0.3 is 6.03 Å². The number of amides is 4. The van der Waals surface area contributed by atoms with Gasteiger partial charge in [-0.05, 0) is 67.4 Å². The molecule has 1 aliphatic rings. The Morgan fingerprint density at radius 2 is 1.45 bits per heavy atom. The molecule has 0 spiro atoms. The highest BCUT2D eigenvalue weighted by Gasteiger charge is 2.52. The van der Waals surface area contributed by atoms with E-state index in [1.165, 1.54) is 78.0 Å². The fourth-order valence-corrected chi connectivity index (χ4v) is 9.01. The van der Waals surface area contributed by atoms with E-state index in [2.05, 4.69) is 17.0 Å². The van der Waals surface area contributed by atoms with Gasteiger partial charge < -0.3 is 10.1 Å². The van der Waals surface area contributed by atoms with Gasteiger partial charge in [0.1, 0.15) is 5.82 Å². The fourth-order valence-electron chi connectivity index (χ4n) is 7.50. The SMILES string of the molecule is CCCCCCCCCCCCS(=O)(=O)Nc1ccc(Cl)c(NC(=O)C(c2nc3ccc(Cl)cc3c(=O)n2-c2ccccc2)N2C(=O)C(OCC)N(Cc3ccccc3)C2=O)c1. The number of carbonyl (C=O) groups excluding carboxylic acids is 3. The van der Waals surface area contributed by atoms with Gasteiger partial charge in [0.25, 0.3) is 17.4 Å². The summed E-state index contributed by atoms with van der Waals surface area (Å²) in [6.07, 6.45) is 9.17. The molecule has 0 radical (unpaired) electrons. The second-order valence-corrected chi connectivity index (χ2v) is 17.9. The normalized spacial score (nSPS) is 14.7. The van der Waals surface area contributed by atoms with Gasteiger partial charge in [0.05, 0.1) is 45.3 Å². The molecule has 0 bridgehead atoms. The van der Waals surface area contributed by atoms with Crippen molar-refractivity contribution >= 4 is 73.3 Å². The minimum absolute atomic E-state index is 0.0245. The molecule has 4 aromatic carbocycles. The first-order chi connectivity index (χ1) is 29.9. The molecule has 2 unspecified atom stereocenters. The van der Waals surface area contributed by atoms with Crippen LogP contribution >= 0.6 is 23.2 Å². The monoisotopic (exact) mass is 902 g/mol. The van der Waals surface area contributed by atoms with Gasteiger partial charge in [0.2, 0.25) is 16.3 Å². The van der Waals surface area contributed by atoms with Crippen molar-refractivity contribution in [2.75, 3.05) is 22.4 Å². The van der Waals surface area contributed by atoms with E-state index in [1.54, 1.807) is 61.5 Å². The maximum atomic E-state index is 15.0. The molecule has 2 N–H and O–H groups in total. The number of imide groups is 1. The van der Waals surface area contributed by atoms with E-state index in [4.69, 9.17) is 32.9 Å².